The highest BCUT2D eigenvalue weighted by atomic mass is 16.5. The largest absolute Gasteiger partial charge is 0.462 e. The number of hydrogen-bond acceptors (Lipinski definition) is 5. The SMILES string of the molecule is C=CCNC(=O)c1nc(C(=O)Nc2ccccc2C(=O)OCC)c2n1CCCC2. The van der Waals surface area contributed by atoms with Crippen molar-refractivity contribution in [2.75, 3.05) is 18.5 Å². The summed E-state index contributed by atoms with van der Waals surface area (Å²) in [5, 5.41) is 5.45. The Balaban J connectivity index is 1.91. The summed E-state index contributed by atoms with van der Waals surface area (Å²) in [4.78, 5) is 41.9. The summed E-state index contributed by atoms with van der Waals surface area (Å²) in [5.41, 5.74) is 1.53. The maximum absolute atomic E-state index is 13.0. The minimum absolute atomic E-state index is 0.201. The van der Waals surface area contributed by atoms with E-state index in [2.05, 4.69) is 22.2 Å². The summed E-state index contributed by atoms with van der Waals surface area (Å²) in [6.45, 7) is 6.48. The van der Waals surface area contributed by atoms with Crippen molar-refractivity contribution in [2.24, 2.45) is 0 Å². The van der Waals surface area contributed by atoms with Gasteiger partial charge in [0.2, 0.25) is 0 Å². The van der Waals surface area contributed by atoms with Gasteiger partial charge in [0.25, 0.3) is 11.8 Å². The van der Waals surface area contributed by atoms with Gasteiger partial charge in [0.1, 0.15) is 0 Å². The van der Waals surface area contributed by atoms with Crippen molar-refractivity contribution < 1.29 is 19.1 Å². The Labute approximate surface area is 169 Å². The topological polar surface area (TPSA) is 102 Å². The number of imidazole rings is 1. The molecule has 0 saturated heterocycles. The zero-order valence-electron chi connectivity index (χ0n) is 16.4. The van der Waals surface area contributed by atoms with Crippen LogP contribution in [0.15, 0.2) is 36.9 Å². The number of hydrogen-bond donors (Lipinski definition) is 2. The van der Waals surface area contributed by atoms with Crippen LogP contribution in [-0.4, -0.2) is 40.5 Å². The number of para-hydroxylation sites is 1. The maximum atomic E-state index is 13.0. The smallest absolute Gasteiger partial charge is 0.340 e. The molecule has 1 aliphatic heterocycles. The van der Waals surface area contributed by atoms with E-state index in [-0.39, 0.29) is 29.6 Å². The van der Waals surface area contributed by atoms with E-state index >= 15 is 0 Å². The summed E-state index contributed by atoms with van der Waals surface area (Å²) >= 11 is 0. The summed E-state index contributed by atoms with van der Waals surface area (Å²) in [7, 11) is 0. The standard InChI is InChI=1S/C21H24N4O4/c1-3-12-22-20(27)18-24-17(16-11-7-8-13-25(16)18)19(26)23-15-10-6-5-9-14(15)21(28)29-4-2/h3,5-6,9-10H,1,4,7-8,11-13H2,2H3,(H,22,27)(H,23,26). The van der Waals surface area contributed by atoms with Gasteiger partial charge in [-0.2, -0.15) is 0 Å². The summed E-state index contributed by atoms with van der Waals surface area (Å²) in [6.07, 6.45) is 4.07. The maximum Gasteiger partial charge on any atom is 0.340 e. The first-order chi connectivity index (χ1) is 14.1. The van der Waals surface area contributed by atoms with E-state index in [4.69, 9.17) is 4.74 Å². The number of nitrogens with one attached hydrogen (secondary N) is 2. The average molecular weight is 396 g/mol. The second kappa shape index (κ2) is 9.18. The van der Waals surface area contributed by atoms with E-state index < -0.39 is 11.9 Å². The number of ether oxygens (including phenoxy) is 1. The Morgan fingerprint density at radius 3 is 2.79 bits per heavy atom. The average Bonchev–Trinajstić information content (AvgIpc) is 3.12. The van der Waals surface area contributed by atoms with E-state index in [1.807, 2.05) is 0 Å². The van der Waals surface area contributed by atoms with Crippen LogP contribution in [0.1, 0.15) is 56.9 Å². The Bertz CT molecular complexity index is 948. The number of aromatic nitrogens is 2. The molecule has 0 atom stereocenters. The van der Waals surface area contributed by atoms with Crippen LogP contribution in [0, 0.1) is 0 Å². The molecule has 2 aromatic rings. The number of benzene rings is 1. The predicted octanol–water partition coefficient (Wildman–Crippen LogP) is 2.56. The van der Waals surface area contributed by atoms with Crippen molar-refractivity contribution in [3.8, 4) is 0 Å². The highest BCUT2D eigenvalue weighted by Crippen LogP contribution is 2.23. The van der Waals surface area contributed by atoms with Gasteiger partial charge in [-0.25, -0.2) is 9.78 Å². The van der Waals surface area contributed by atoms with Crippen molar-refractivity contribution in [3.63, 3.8) is 0 Å². The fourth-order valence-corrected chi connectivity index (χ4v) is 3.30. The van der Waals surface area contributed by atoms with Crippen LogP contribution in [0.2, 0.25) is 0 Å². The second-order valence-corrected chi connectivity index (χ2v) is 6.56. The zero-order valence-corrected chi connectivity index (χ0v) is 16.4. The molecule has 8 heteroatoms. The number of amides is 2. The zero-order chi connectivity index (χ0) is 20.8. The molecule has 0 fully saturated rings. The van der Waals surface area contributed by atoms with Gasteiger partial charge in [-0.05, 0) is 38.3 Å². The lowest BCUT2D eigenvalue weighted by molar-refractivity contribution is 0.0527. The molecule has 0 saturated carbocycles. The van der Waals surface area contributed by atoms with E-state index in [0.29, 0.717) is 25.2 Å². The number of nitrogens with zero attached hydrogens (tertiary/aromatic N) is 2. The monoisotopic (exact) mass is 396 g/mol. The third-order valence-corrected chi connectivity index (χ3v) is 4.61. The number of esters is 1. The number of carbonyl (C=O) groups excluding carboxylic acids is 3. The first-order valence-corrected chi connectivity index (χ1v) is 9.62. The van der Waals surface area contributed by atoms with E-state index in [9.17, 15) is 14.4 Å². The third kappa shape index (κ3) is 4.37. The summed E-state index contributed by atoms with van der Waals surface area (Å²) < 4.78 is 6.85. The van der Waals surface area contributed by atoms with Gasteiger partial charge in [0, 0.05) is 13.1 Å². The van der Waals surface area contributed by atoms with Crippen molar-refractivity contribution in [3.05, 3.63) is 59.7 Å². The summed E-state index contributed by atoms with van der Waals surface area (Å²) in [6, 6.07) is 6.63. The Morgan fingerprint density at radius 1 is 1.24 bits per heavy atom. The van der Waals surface area contributed by atoms with Gasteiger partial charge in [-0.15, -0.1) is 6.58 Å². The van der Waals surface area contributed by atoms with Crippen molar-refractivity contribution in [1.29, 1.82) is 0 Å². The van der Waals surface area contributed by atoms with Crippen molar-refractivity contribution in [2.45, 2.75) is 32.7 Å². The lowest BCUT2D eigenvalue weighted by Gasteiger charge is -2.17. The fraction of sp³-hybridized carbons (Fsp3) is 0.333. The highest BCUT2D eigenvalue weighted by molar-refractivity contribution is 6.08. The Hall–Kier alpha value is -3.42. The van der Waals surface area contributed by atoms with Gasteiger partial charge in [-0.1, -0.05) is 18.2 Å². The molecule has 8 nitrogen and oxygen atoms in total. The van der Waals surface area contributed by atoms with Crippen LogP contribution in [0.5, 0.6) is 0 Å². The first-order valence-electron chi connectivity index (χ1n) is 9.62. The molecule has 0 bridgehead atoms. The van der Waals surface area contributed by atoms with Gasteiger partial charge in [-0.3, -0.25) is 9.59 Å². The van der Waals surface area contributed by atoms with Crippen LogP contribution in [-0.2, 0) is 17.7 Å². The van der Waals surface area contributed by atoms with Crippen molar-refractivity contribution in [1.82, 2.24) is 14.9 Å². The molecule has 0 aliphatic carbocycles. The van der Waals surface area contributed by atoms with E-state index in [1.165, 1.54) is 0 Å². The molecule has 1 aromatic carbocycles. The lowest BCUT2D eigenvalue weighted by atomic mass is 10.1. The summed E-state index contributed by atoms with van der Waals surface area (Å²) in [5.74, 6) is -1.11. The molecule has 0 unspecified atom stereocenters. The molecule has 1 aliphatic rings. The second-order valence-electron chi connectivity index (χ2n) is 6.56. The number of rotatable bonds is 7. The Morgan fingerprint density at radius 2 is 2.03 bits per heavy atom. The van der Waals surface area contributed by atoms with Crippen LogP contribution >= 0.6 is 0 Å². The lowest BCUT2D eigenvalue weighted by Crippen LogP contribution is -2.28. The molecular formula is C21H24N4O4. The molecular weight excluding hydrogens is 372 g/mol. The normalized spacial score (nSPS) is 12.6. The van der Waals surface area contributed by atoms with Gasteiger partial charge < -0.3 is 19.9 Å². The van der Waals surface area contributed by atoms with Crippen LogP contribution in [0.25, 0.3) is 0 Å². The molecule has 2 amide bonds. The molecule has 3 rings (SSSR count). The highest BCUT2D eigenvalue weighted by Gasteiger charge is 2.28. The molecule has 2 heterocycles. The first kappa shape index (κ1) is 20.3. The van der Waals surface area contributed by atoms with Gasteiger partial charge in [0.15, 0.2) is 11.5 Å². The molecule has 1 aromatic heterocycles. The van der Waals surface area contributed by atoms with Crippen molar-refractivity contribution >= 4 is 23.5 Å². The number of anilines is 1. The van der Waals surface area contributed by atoms with Gasteiger partial charge >= 0.3 is 5.97 Å². The van der Waals surface area contributed by atoms with Crippen LogP contribution < -0.4 is 10.6 Å². The molecule has 0 spiro atoms. The number of carbonyl (C=O) groups is 3. The third-order valence-electron chi connectivity index (χ3n) is 4.61. The quantitative estimate of drug-likeness (QED) is 0.553. The minimum atomic E-state index is -0.514. The molecule has 2 N–H and O–H groups in total. The van der Waals surface area contributed by atoms with E-state index in [0.717, 1.165) is 18.5 Å². The Kier molecular flexibility index (Phi) is 6.43. The van der Waals surface area contributed by atoms with Crippen LogP contribution in [0.3, 0.4) is 0 Å². The van der Waals surface area contributed by atoms with Gasteiger partial charge in [0.05, 0.1) is 23.6 Å². The fourth-order valence-electron chi connectivity index (χ4n) is 3.30. The minimum Gasteiger partial charge on any atom is -0.462 e. The van der Waals surface area contributed by atoms with Crippen LogP contribution in [0.4, 0.5) is 5.69 Å². The predicted molar refractivity (Wildman–Crippen MR) is 108 cm³/mol. The van der Waals surface area contributed by atoms with E-state index in [1.54, 1.807) is 41.8 Å². The number of fused-ring (bicyclic) bond motifs is 1. The molecule has 0 radical (unpaired) electrons. The molecule has 29 heavy (non-hydrogen) atoms. The molecule has 152 valence electrons.